The van der Waals surface area contributed by atoms with Crippen LogP contribution in [0.5, 0.6) is 0 Å². The number of rotatable bonds is 5. The number of likely N-dealkylation sites (N-methyl/N-ethyl adjacent to an activating group) is 1. The molecule has 1 atom stereocenters. The number of carbonyl (C=O) groups is 1. The Hall–Kier alpha value is -1.81. The quantitative estimate of drug-likeness (QED) is 0.911. The van der Waals surface area contributed by atoms with Crippen LogP contribution >= 0.6 is 0 Å². The summed E-state index contributed by atoms with van der Waals surface area (Å²) in [6.45, 7) is 6.37. The number of fused-ring (bicyclic) bond motifs is 1. The van der Waals surface area contributed by atoms with E-state index in [-0.39, 0.29) is 11.9 Å². The van der Waals surface area contributed by atoms with Gasteiger partial charge in [-0.3, -0.25) is 4.79 Å². The Bertz CT molecular complexity index is 556. The number of carbonyl (C=O) groups excluding carboxylic acids is 1. The summed E-state index contributed by atoms with van der Waals surface area (Å²) in [7, 11) is 1.81. The van der Waals surface area contributed by atoms with Gasteiger partial charge in [-0.15, -0.1) is 0 Å². The molecule has 1 N–H and O–H groups in total. The van der Waals surface area contributed by atoms with Crippen LogP contribution in [0, 0.1) is 0 Å². The zero-order valence-electron chi connectivity index (χ0n) is 12.5. The van der Waals surface area contributed by atoms with Crippen molar-refractivity contribution in [2.45, 2.75) is 32.9 Å². The molecule has 108 valence electrons. The fourth-order valence-electron chi connectivity index (χ4n) is 2.03. The van der Waals surface area contributed by atoms with E-state index >= 15 is 0 Å². The molecule has 4 heteroatoms. The van der Waals surface area contributed by atoms with Crippen LogP contribution in [0.15, 0.2) is 34.7 Å². The van der Waals surface area contributed by atoms with Crippen molar-refractivity contribution < 1.29 is 9.21 Å². The fourth-order valence-corrected chi connectivity index (χ4v) is 2.03. The van der Waals surface area contributed by atoms with E-state index in [1.165, 1.54) is 0 Å². The molecule has 1 unspecified atom stereocenters. The summed E-state index contributed by atoms with van der Waals surface area (Å²) < 4.78 is 5.81. The molecule has 1 aromatic carbocycles. The second-order valence-electron chi connectivity index (χ2n) is 5.40. The van der Waals surface area contributed by atoms with Crippen molar-refractivity contribution in [3.05, 3.63) is 36.1 Å². The summed E-state index contributed by atoms with van der Waals surface area (Å²) in [6, 6.07) is 10.1. The molecular weight excluding hydrogens is 252 g/mol. The molecule has 0 radical (unpaired) electrons. The molecule has 0 saturated heterocycles. The highest BCUT2D eigenvalue weighted by Crippen LogP contribution is 2.26. The van der Waals surface area contributed by atoms with Crippen LogP contribution in [0.4, 0.5) is 0 Å². The van der Waals surface area contributed by atoms with Gasteiger partial charge in [0.25, 0.3) is 0 Å². The van der Waals surface area contributed by atoms with E-state index < -0.39 is 0 Å². The van der Waals surface area contributed by atoms with Crippen LogP contribution in [0.3, 0.4) is 0 Å². The van der Waals surface area contributed by atoms with Gasteiger partial charge in [-0.1, -0.05) is 32.0 Å². The number of benzene rings is 1. The van der Waals surface area contributed by atoms with Gasteiger partial charge < -0.3 is 14.6 Å². The van der Waals surface area contributed by atoms with Gasteiger partial charge in [0.05, 0.1) is 12.6 Å². The number of nitrogens with one attached hydrogen (secondary N) is 1. The maximum atomic E-state index is 12.1. The van der Waals surface area contributed by atoms with E-state index in [0.29, 0.717) is 12.6 Å². The molecule has 1 amide bonds. The molecule has 2 rings (SSSR count). The van der Waals surface area contributed by atoms with E-state index in [4.69, 9.17) is 4.42 Å². The summed E-state index contributed by atoms with van der Waals surface area (Å²) in [5, 5.41) is 4.20. The van der Waals surface area contributed by atoms with Gasteiger partial charge in [0.1, 0.15) is 11.3 Å². The molecule has 0 spiro atoms. The number of para-hydroxylation sites is 1. The molecular formula is C16H22N2O2. The standard InChI is InChI=1S/C16H22N2O2/c1-11(2)17-10-16(19)18(4)12(3)15-9-13-7-5-6-8-14(13)20-15/h5-9,11-12,17H,10H2,1-4H3. The molecule has 0 fully saturated rings. The van der Waals surface area contributed by atoms with Gasteiger partial charge in [0.2, 0.25) is 5.91 Å². The third-order valence-electron chi connectivity index (χ3n) is 3.49. The largest absolute Gasteiger partial charge is 0.459 e. The van der Waals surface area contributed by atoms with Gasteiger partial charge in [-0.25, -0.2) is 0 Å². The van der Waals surface area contributed by atoms with Crippen LogP contribution in [-0.2, 0) is 4.79 Å². The average Bonchev–Trinajstić information content (AvgIpc) is 2.86. The second-order valence-corrected chi connectivity index (χ2v) is 5.40. The van der Waals surface area contributed by atoms with E-state index in [0.717, 1.165) is 16.7 Å². The lowest BCUT2D eigenvalue weighted by molar-refractivity contribution is -0.131. The Morgan fingerprint density at radius 3 is 2.65 bits per heavy atom. The van der Waals surface area contributed by atoms with Gasteiger partial charge in [-0.05, 0) is 19.1 Å². The Morgan fingerprint density at radius 1 is 1.30 bits per heavy atom. The zero-order valence-corrected chi connectivity index (χ0v) is 12.5. The number of hydrogen-bond acceptors (Lipinski definition) is 3. The molecule has 1 heterocycles. The highest BCUT2D eigenvalue weighted by Gasteiger charge is 2.20. The molecule has 1 aromatic heterocycles. The predicted molar refractivity (Wildman–Crippen MR) is 80.5 cm³/mol. The first-order chi connectivity index (χ1) is 9.49. The lowest BCUT2D eigenvalue weighted by Crippen LogP contribution is -2.39. The topological polar surface area (TPSA) is 45.5 Å². The fraction of sp³-hybridized carbons (Fsp3) is 0.438. The molecule has 2 aromatic rings. The zero-order chi connectivity index (χ0) is 14.7. The molecule has 0 aliphatic heterocycles. The summed E-state index contributed by atoms with van der Waals surface area (Å²) in [4.78, 5) is 13.8. The molecule has 0 aliphatic carbocycles. The molecule has 0 saturated carbocycles. The Kier molecular flexibility index (Phi) is 4.45. The number of nitrogens with zero attached hydrogens (tertiary/aromatic N) is 1. The van der Waals surface area contributed by atoms with E-state index in [1.807, 2.05) is 58.2 Å². The summed E-state index contributed by atoms with van der Waals surface area (Å²) in [5.41, 5.74) is 0.857. The van der Waals surface area contributed by atoms with E-state index in [9.17, 15) is 4.79 Å². The summed E-state index contributed by atoms with van der Waals surface area (Å²) >= 11 is 0. The molecule has 20 heavy (non-hydrogen) atoms. The van der Waals surface area contributed by atoms with Crippen LogP contribution in [0.25, 0.3) is 11.0 Å². The van der Waals surface area contributed by atoms with Crippen molar-refractivity contribution in [2.24, 2.45) is 0 Å². The minimum atomic E-state index is -0.0798. The number of amides is 1. The van der Waals surface area contributed by atoms with Crippen LogP contribution < -0.4 is 5.32 Å². The highest BCUT2D eigenvalue weighted by molar-refractivity contribution is 5.80. The average molecular weight is 274 g/mol. The second kappa shape index (κ2) is 6.09. The molecule has 4 nitrogen and oxygen atoms in total. The normalized spacial score (nSPS) is 12.8. The van der Waals surface area contributed by atoms with E-state index in [2.05, 4.69) is 5.32 Å². The minimum absolute atomic E-state index is 0.0617. The van der Waals surface area contributed by atoms with Crippen molar-refractivity contribution in [2.75, 3.05) is 13.6 Å². The number of furan rings is 1. The first-order valence-corrected chi connectivity index (χ1v) is 6.96. The molecule has 0 bridgehead atoms. The smallest absolute Gasteiger partial charge is 0.236 e. The third-order valence-corrected chi connectivity index (χ3v) is 3.49. The maximum Gasteiger partial charge on any atom is 0.236 e. The molecule has 0 aliphatic rings. The van der Waals surface area contributed by atoms with Gasteiger partial charge in [0, 0.05) is 18.5 Å². The Labute approximate surface area is 119 Å². The third kappa shape index (κ3) is 3.20. The lowest BCUT2D eigenvalue weighted by atomic mass is 10.2. The Morgan fingerprint density at radius 2 is 2.00 bits per heavy atom. The maximum absolute atomic E-state index is 12.1. The first-order valence-electron chi connectivity index (χ1n) is 6.96. The summed E-state index contributed by atoms with van der Waals surface area (Å²) in [6.07, 6.45) is 0. The van der Waals surface area contributed by atoms with E-state index in [1.54, 1.807) is 4.90 Å². The van der Waals surface area contributed by atoms with Crippen molar-refractivity contribution in [3.63, 3.8) is 0 Å². The summed E-state index contributed by atoms with van der Waals surface area (Å²) in [5.74, 6) is 0.873. The first kappa shape index (κ1) is 14.6. The minimum Gasteiger partial charge on any atom is -0.459 e. The van der Waals surface area contributed by atoms with Crippen LogP contribution in [-0.4, -0.2) is 30.4 Å². The SMILES string of the molecule is CC(C)NCC(=O)N(C)C(C)c1cc2ccccc2o1. The Balaban J connectivity index is 2.09. The van der Waals surface area contributed by atoms with Crippen LogP contribution in [0.2, 0.25) is 0 Å². The van der Waals surface area contributed by atoms with Gasteiger partial charge in [-0.2, -0.15) is 0 Å². The predicted octanol–water partition coefficient (Wildman–Crippen LogP) is 2.95. The van der Waals surface area contributed by atoms with Gasteiger partial charge in [0.15, 0.2) is 0 Å². The van der Waals surface area contributed by atoms with Crippen molar-refractivity contribution in [1.29, 1.82) is 0 Å². The van der Waals surface area contributed by atoms with Crippen molar-refractivity contribution >= 4 is 16.9 Å². The highest BCUT2D eigenvalue weighted by atomic mass is 16.3. The van der Waals surface area contributed by atoms with Crippen molar-refractivity contribution in [3.8, 4) is 0 Å². The van der Waals surface area contributed by atoms with Crippen LogP contribution in [0.1, 0.15) is 32.6 Å². The monoisotopic (exact) mass is 274 g/mol. The van der Waals surface area contributed by atoms with Gasteiger partial charge >= 0.3 is 0 Å². The van der Waals surface area contributed by atoms with Crippen molar-refractivity contribution in [1.82, 2.24) is 10.2 Å². The lowest BCUT2D eigenvalue weighted by Gasteiger charge is -2.24. The number of hydrogen-bond donors (Lipinski definition) is 1.